The average Bonchev–Trinajstić information content (AvgIpc) is 2.42. The molecule has 0 atom stereocenters. The Morgan fingerprint density at radius 3 is 2.42 bits per heavy atom. The summed E-state index contributed by atoms with van der Waals surface area (Å²) >= 11 is 2.22. The van der Waals surface area contributed by atoms with Crippen LogP contribution in [0.4, 0.5) is 5.69 Å². The van der Waals surface area contributed by atoms with Crippen LogP contribution in [0.15, 0.2) is 36.4 Å². The van der Waals surface area contributed by atoms with Crippen LogP contribution in [0.25, 0.3) is 0 Å². The van der Waals surface area contributed by atoms with Gasteiger partial charge in [-0.15, -0.1) is 0 Å². The summed E-state index contributed by atoms with van der Waals surface area (Å²) in [6.07, 6.45) is 0.961. The predicted molar refractivity (Wildman–Crippen MR) is 86.0 cm³/mol. The lowest BCUT2D eigenvalue weighted by Gasteiger charge is -2.13. The van der Waals surface area contributed by atoms with Gasteiger partial charge in [-0.1, -0.05) is 13.0 Å². The second kappa shape index (κ2) is 6.14. The molecule has 0 radical (unpaired) electrons. The van der Waals surface area contributed by atoms with E-state index >= 15 is 0 Å². The van der Waals surface area contributed by atoms with Crippen molar-refractivity contribution in [2.75, 3.05) is 12.8 Å². The molecule has 2 aromatic carbocycles. The van der Waals surface area contributed by atoms with Crippen molar-refractivity contribution in [2.24, 2.45) is 0 Å². The molecule has 0 amide bonds. The van der Waals surface area contributed by atoms with E-state index in [0.717, 1.165) is 15.7 Å². The lowest BCUT2D eigenvalue weighted by Crippen LogP contribution is -1.95. The molecule has 3 nitrogen and oxygen atoms in total. The first-order valence-electron chi connectivity index (χ1n) is 6.04. The van der Waals surface area contributed by atoms with Gasteiger partial charge in [0, 0.05) is 3.57 Å². The van der Waals surface area contributed by atoms with E-state index in [0.29, 0.717) is 17.2 Å². The van der Waals surface area contributed by atoms with Crippen LogP contribution in [0.5, 0.6) is 17.2 Å². The third-order valence-electron chi connectivity index (χ3n) is 2.83. The Labute approximate surface area is 126 Å². The number of nitrogens with two attached hydrogens (primary N) is 1. The van der Waals surface area contributed by atoms with Crippen LogP contribution in [-0.4, -0.2) is 7.11 Å². The number of methoxy groups -OCH3 is 1. The number of aryl methyl sites for hydroxylation is 1. The summed E-state index contributed by atoms with van der Waals surface area (Å²) in [6, 6.07) is 11.6. The van der Waals surface area contributed by atoms with Crippen molar-refractivity contribution >= 4 is 28.3 Å². The van der Waals surface area contributed by atoms with E-state index in [4.69, 9.17) is 15.2 Å². The van der Waals surface area contributed by atoms with E-state index in [1.54, 1.807) is 7.11 Å². The molecule has 0 saturated heterocycles. The van der Waals surface area contributed by atoms with Crippen molar-refractivity contribution < 1.29 is 9.47 Å². The third-order valence-corrected chi connectivity index (χ3v) is 3.50. The second-order valence-electron chi connectivity index (χ2n) is 4.12. The van der Waals surface area contributed by atoms with Gasteiger partial charge < -0.3 is 15.2 Å². The minimum Gasteiger partial charge on any atom is -0.493 e. The van der Waals surface area contributed by atoms with Crippen molar-refractivity contribution in [3.8, 4) is 17.2 Å². The first-order valence-corrected chi connectivity index (χ1v) is 7.11. The van der Waals surface area contributed by atoms with Crippen molar-refractivity contribution in [2.45, 2.75) is 13.3 Å². The van der Waals surface area contributed by atoms with Gasteiger partial charge in [0.25, 0.3) is 0 Å². The molecule has 0 bridgehead atoms. The number of anilines is 1. The van der Waals surface area contributed by atoms with Gasteiger partial charge >= 0.3 is 0 Å². The Bertz CT molecular complexity index is 584. The summed E-state index contributed by atoms with van der Waals surface area (Å²) in [5.41, 5.74) is 7.77. The molecule has 100 valence electrons. The maximum atomic E-state index is 5.95. The topological polar surface area (TPSA) is 44.5 Å². The van der Waals surface area contributed by atoms with Gasteiger partial charge in [-0.3, -0.25) is 0 Å². The van der Waals surface area contributed by atoms with Crippen molar-refractivity contribution in [1.29, 1.82) is 0 Å². The molecule has 0 unspecified atom stereocenters. The summed E-state index contributed by atoms with van der Waals surface area (Å²) in [5, 5.41) is 0. The van der Waals surface area contributed by atoms with E-state index in [1.807, 2.05) is 36.4 Å². The molecule has 0 aliphatic rings. The molecule has 0 spiro atoms. The molecule has 2 rings (SSSR count). The van der Waals surface area contributed by atoms with Crippen LogP contribution >= 0.6 is 22.6 Å². The summed E-state index contributed by atoms with van der Waals surface area (Å²) in [5.74, 6) is 2.04. The lowest BCUT2D eigenvalue weighted by molar-refractivity contribution is 0.379. The molecule has 0 fully saturated rings. The maximum absolute atomic E-state index is 5.95. The van der Waals surface area contributed by atoms with E-state index in [-0.39, 0.29) is 0 Å². The summed E-state index contributed by atoms with van der Waals surface area (Å²) in [7, 11) is 1.64. The van der Waals surface area contributed by atoms with Gasteiger partial charge in [0.1, 0.15) is 0 Å². The molecule has 4 heteroatoms. The molecular formula is C15H16INO2. The SMILES string of the molecule is CCc1ccc(Oc2ccc(I)cc2N)c(OC)c1. The van der Waals surface area contributed by atoms with Gasteiger partial charge in [-0.05, 0) is 64.9 Å². The maximum Gasteiger partial charge on any atom is 0.169 e. The van der Waals surface area contributed by atoms with Crippen LogP contribution in [-0.2, 0) is 6.42 Å². The number of ether oxygens (including phenoxy) is 2. The fourth-order valence-corrected chi connectivity index (χ4v) is 2.26. The predicted octanol–water partition coefficient (Wildman–Crippen LogP) is 4.24. The van der Waals surface area contributed by atoms with Crippen molar-refractivity contribution in [3.05, 3.63) is 45.5 Å². The largest absolute Gasteiger partial charge is 0.493 e. The molecule has 19 heavy (non-hydrogen) atoms. The fraction of sp³-hybridized carbons (Fsp3) is 0.200. The van der Waals surface area contributed by atoms with Crippen LogP contribution in [0.1, 0.15) is 12.5 Å². The lowest BCUT2D eigenvalue weighted by atomic mass is 10.1. The second-order valence-corrected chi connectivity index (χ2v) is 5.37. The van der Waals surface area contributed by atoms with Gasteiger partial charge in [0.2, 0.25) is 0 Å². The average molecular weight is 369 g/mol. The monoisotopic (exact) mass is 369 g/mol. The quantitative estimate of drug-likeness (QED) is 0.648. The van der Waals surface area contributed by atoms with Gasteiger partial charge in [0.15, 0.2) is 17.2 Å². The number of halogens is 1. The van der Waals surface area contributed by atoms with Crippen LogP contribution < -0.4 is 15.2 Å². The highest BCUT2D eigenvalue weighted by Crippen LogP contribution is 2.35. The molecule has 0 heterocycles. The first kappa shape index (κ1) is 14.0. The zero-order chi connectivity index (χ0) is 13.8. The van der Waals surface area contributed by atoms with Crippen LogP contribution in [0.2, 0.25) is 0 Å². The van der Waals surface area contributed by atoms with E-state index in [1.165, 1.54) is 5.56 Å². The normalized spacial score (nSPS) is 10.3. The third kappa shape index (κ3) is 3.32. The molecule has 0 saturated carbocycles. The Kier molecular flexibility index (Phi) is 4.52. The van der Waals surface area contributed by atoms with E-state index < -0.39 is 0 Å². The molecule has 0 aliphatic heterocycles. The molecule has 2 aromatic rings. The highest BCUT2D eigenvalue weighted by molar-refractivity contribution is 14.1. The summed E-state index contributed by atoms with van der Waals surface area (Å²) in [6.45, 7) is 2.10. The number of rotatable bonds is 4. The minimum absolute atomic E-state index is 0.619. The molecule has 0 aromatic heterocycles. The Morgan fingerprint density at radius 2 is 1.79 bits per heavy atom. The van der Waals surface area contributed by atoms with Crippen molar-refractivity contribution in [1.82, 2.24) is 0 Å². The number of nitrogen functional groups attached to an aromatic ring is 1. The smallest absolute Gasteiger partial charge is 0.169 e. The standard InChI is InChI=1S/C15H16INO2/c1-3-10-4-6-14(15(8-10)18-2)19-13-7-5-11(16)9-12(13)17/h4-9H,3,17H2,1-2H3. The summed E-state index contributed by atoms with van der Waals surface area (Å²) in [4.78, 5) is 0. The van der Waals surface area contributed by atoms with Gasteiger partial charge in [0.05, 0.1) is 12.8 Å². The molecule has 0 aliphatic carbocycles. The van der Waals surface area contributed by atoms with E-state index in [9.17, 15) is 0 Å². The highest BCUT2D eigenvalue weighted by Gasteiger charge is 2.08. The van der Waals surface area contributed by atoms with Crippen LogP contribution in [0, 0.1) is 3.57 Å². The zero-order valence-electron chi connectivity index (χ0n) is 10.9. The number of benzene rings is 2. The molecular weight excluding hydrogens is 353 g/mol. The Morgan fingerprint density at radius 1 is 1.05 bits per heavy atom. The zero-order valence-corrected chi connectivity index (χ0v) is 13.1. The number of hydrogen-bond acceptors (Lipinski definition) is 3. The minimum atomic E-state index is 0.619. The van der Waals surface area contributed by atoms with Crippen LogP contribution in [0.3, 0.4) is 0 Å². The van der Waals surface area contributed by atoms with Crippen molar-refractivity contribution in [3.63, 3.8) is 0 Å². The van der Waals surface area contributed by atoms with Gasteiger partial charge in [-0.25, -0.2) is 0 Å². The summed E-state index contributed by atoms with van der Waals surface area (Å²) < 4.78 is 12.3. The molecule has 2 N–H and O–H groups in total. The Balaban J connectivity index is 2.32. The highest BCUT2D eigenvalue weighted by atomic mass is 127. The van der Waals surface area contributed by atoms with Gasteiger partial charge in [-0.2, -0.15) is 0 Å². The number of hydrogen-bond donors (Lipinski definition) is 1. The first-order chi connectivity index (χ1) is 9.13. The fourth-order valence-electron chi connectivity index (χ4n) is 1.75. The van der Waals surface area contributed by atoms with E-state index in [2.05, 4.69) is 29.5 Å². The Hall–Kier alpha value is -1.43.